The van der Waals surface area contributed by atoms with Crippen LogP contribution in [-0.2, 0) is 31.6 Å². The number of esters is 1. The van der Waals surface area contributed by atoms with E-state index in [9.17, 15) is 17.6 Å². The van der Waals surface area contributed by atoms with Crippen LogP contribution >= 0.6 is 0 Å². The van der Waals surface area contributed by atoms with Crippen molar-refractivity contribution < 1.29 is 27.1 Å². The van der Waals surface area contributed by atoms with Gasteiger partial charge in [-0.1, -0.05) is 42.5 Å². The topological polar surface area (TPSA) is 98.9 Å². The van der Waals surface area contributed by atoms with Crippen LogP contribution in [0.4, 0.5) is 4.39 Å². The SMILES string of the molecule is CC(C)OC(=O)[C@@H](N)CCc1cccc(S(=O)(=O)N2CC(Oc3ccc(F)cc3)(c3ccccc3)C2)c1. The van der Waals surface area contributed by atoms with Gasteiger partial charge in [-0.05, 0) is 74.2 Å². The van der Waals surface area contributed by atoms with Crippen molar-refractivity contribution >= 4 is 16.0 Å². The second-order valence-corrected chi connectivity index (χ2v) is 11.4. The van der Waals surface area contributed by atoms with Gasteiger partial charge in [-0.25, -0.2) is 12.8 Å². The lowest BCUT2D eigenvalue weighted by atomic mass is 9.87. The molecule has 1 aliphatic rings. The summed E-state index contributed by atoms with van der Waals surface area (Å²) in [4.78, 5) is 12.1. The maximum absolute atomic E-state index is 13.5. The third-order valence-corrected chi connectivity index (χ3v) is 8.01. The van der Waals surface area contributed by atoms with E-state index in [1.165, 1.54) is 28.6 Å². The van der Waals surface area contributed by atoms with Gasteiger partial charge in [0.1, 0.15) is 17.6 Å². The van der Waals surface area contributed by atoms with E-state index in [0.29, 0.717) is 18.6 Å². The van der Waals surface area contributed by atoms with Crippen LogP contribution in [0.15, 0.2) is 83.8 Å². The Morgan fingerprint density at radius 1 is 1.03 bits per heavy atom. The molecule has 0 radical (unpaired) electrons. The van der Waals surface area contributed by atoms with Gasteiger partial charge in [0.25, 0.3) is 0 Å². The number of carbonyl (C=O) groups is 1. The molecule has 0 amide bonds. The molecule has 0 saturated carbocycles. The van der Waals surface area contributed by atoms with Crippen molar-refractivity contribution in [2.24, 2.45) is 5.73 Å². The zero-order valence-electron chi connectivity index (χ0n) is 20.8. The molecule has 1 saturated heterocycles. The van der Waals surface area contributed by atoms with Crippen LogP contribution in [0.2, 0.25) is 0 Å². The van der Waals surface area contributed by atoms with Gasteiger partial charge in [-0.2, -0.15) is 4.31 Å². The predicted molar refractivity (Wildman–Crippen MR) is 138 cm³/mol. The molecular weight excluding hydrogens is 495 g/mol. The monoisotopic (exact) mass is 526 g/mol. The number of rotatable bonds is 10. The van der Waals surface area contributed by atoms with Gasteiger partial charge < -0.3 is 15.2 Å². The van der Waals surface area contributed by atoms with Gasteiger partial charge in [0.2, 0.25) is 10.0 Å². The fourth-order valence-corrected chi connectivity index (χ4v) is 5.85. The van der Waals surface area contributed by atoms with Gasteiger partial charge in [-0.3, -0.25) is 4.79 Å². The van der Waals surface area contributed by atoms with E-state index < -0.39 is 27.6 Å². The summed E-state index contributed by atoms with van der Waals surface area (Å²) in [5.74, 6) is -0.397. The zero-order chi connectivity index (χ0) is 26.6. The maximum Gasteiger partial charge on any atom is 0.323 e. The second-order valence-electron chi connectivity index (χ2n) is 9.47. The summed E-state index contributed by atoms with van der Waals surface area (Å²) < 4.78 is 53.1. The molecule has 1 heterocycles. The van der Waals surface area contributed by atoms with Crippen LogP contribution in [0, 0.1) is 5.82 Å². The van der Waals surface area contributed by atoms with Crippen LogP contribution in [0.5, 0.6) is 5.75 Å². The first-order valence-electron chi connectivity index (χ1n) is 12.1. The summed E-state index contributed by atoms with van der Waals surface area (Å²) in [6.45, 7) is 3.72. The summed E-state index contributed by atoms with van der Waals surface area (Å²) >= 11 is 0. The Labute approximate surface area is 217 Å². The minimum absolute atomic E-state index is 0.104. The van der Waals surface area contributed by atoms with E-state index in [2.05, 4.69) is 0 Å². The Kier molecular flexibility index (Phi) is 7.96. The Bertz CT molecular complexity index is 1320. The Morgan fingerprint density at radius 2 is 1.70 bits per heavy atom. The van der Waals surface area contributed by atoms with Gasteiger partial charge >= 0.3 is 5.97 Å². The molecule has 37 heavy (non-hydrogen) atoms. The Balaban J connectivity index is 1.49. The number of hydrogen-bond acceptors (Lipinski definition) is 6. The zero-order valence-corrected chi connectivity index (χ0v) is 21.7. The summed E-state index contributed by atoms with van der Waals surface area (Å²) in [5.41, 5.74) is 6.63. The van der Waals surface area contributed by atoms with Crippen molar-refractivity contribution in [1.29, 1.82) is 0 Å². The number of halogens is 1. The molecule has 4 rings (SSSR count). The molecule has 1 atom stereocenters. The molecule has 0 spiro atoms. The van der Waals surface area contributed by atoms with E-state index in [-0.39, 0.29) is 29.9 Å². The van der Waals surface area contributed by atoms with Crippen molar-refractivity contribution in [3.63, 3.8) is 0 Å². The van der Waals surface area contributed by atoms with Gasteiger partial charge in [-0.15, -0.1) is 0 Å². The number of benzene rings is 3. The molecule has 1 aliphatic heterocycles. The lowest BCUT2D eigenvalue weighted by Gasteiger charge is -2.48. The highest BCUT2D eigenvalue weighted by Crippen LogP contribution is 2.40. The van der Waals surface area contributed by atoms with Crippen LogP contribution in [0.3, 0.4) is 0 Å². The van der Waals surface area contributed by atoms with E-state index in [0.717, 1.165) is 11.1 Å². The first kappa shape index (κ1) is 26.8. The van der Waals surface area contributed by atoms with Gasteiger partial charge in [0.15, 0.2) is 5.60 Å². The molecule has 1 fully saturated rings. The molecule has 0 bridgehead atoms. The van der Waals surface area contributed by atoms with Gasteiger partial charge in [0.05, 0.1) is 24.1 Å². The molecule has 2 N–H and O–H groups in total. The lowest BCUT2D eigenvalue weighted by Crippen LogP contribution is -2.63. The minimum atomic E-state index is -3.80. The summed E-state index contributed by atoms with van der Waals surface area (Å²) in [6.07, 6.45) is 0.513. The van der Waals surface area contributed by atoms with E-state index in [1.54, 1.807) is 32.0 Å². The summed E-state index contributed by atoms with van der Waals surface area (Å²) in [7, 11) is -3.80. The highest BCUT2D eigenvalue weighted by atomic mass is 32.2. The number of aryl methyl sites for hydroxylation is 1. The maximum atomic E-state index is 13.5. The van der Waals surface area contributed by atoms with E-state index in [1.807, 2.05) is 36.4 Å². The predicted octanol–water partition coefficient (Wildman–Crippen LogP) is 4.02. The number of nitrogens with two attached hydrogens (primary N) is 1. The normalized spacial score (nSPS) is 16.1. The highest BCUT2D eigenvalue weighted by molar-refractivity contribution is 7.89. The number of sulfonamides is 1. The number of carbonyl (C=O) groups excluding carboxylic acids is 1. The third kappa shape index (κ3) is 6.18. The lowest BCUT2D eigenvalue weighted by molar-refractivity contribution is -0.149. The van der Waals surface area contributed by atoms with Crippen LogP contribution in [0.1, 0.15) is 31.4 Å². The molecule has 196 valence electrons. The van der Waals surface area contributed by atoms with Crippen molar-refractivity contribution in [2.45, 2.75) is 49.3 Å². The van der Waals surface area contributed by atoms with E-state index >= 15 is 0 Å². The average Bonchev–Trinajstić information content (AvgIpc) is 2.86. The molecule has 3 aromatic rings. The van der Waals surface area contributed by atoms with Crippen LogP contribution < -0.4 is 10.5 Å². The van der Waals surface area contributed by atoms with E-state index in [4.69, 9.17) is 15.2 Å². The number of hydrogen-bond donors (Lipinski definition) is 1. The molecule has 0 aromatic heterocycles. The molecule has 3 aromatic carbocycles. The fourth-order valence-electron chi connectivity index (χ4n) is 4.24. The third-order valence-electron chi connectivity index (χ3n) is 6.23. The standard InChI is InChI=1S/C28H31FN2O5S/c1-20(2)35-27(32)26(30)16-11-21-7-6-10-25(17-21)37(33,34)31-18-28(19-31,22-8-4-3-5-9-22)36-24-14-12-23(29)13-15-24/h3-10,12-15,17,20,26H,11,16,18-19,30H2,1-2H3/t26-/m0/s1. The first-order chi connectivity index (χ1) is 17.6. The molecular formula is C28H31FN2O5S. The van der Waals surface area contributed by atoms with Crippen LogP contribution in [0.25, 0.3) is 0 Å². The van der Waals surface area contributed by atoms with Crippen molar-refractivity contribution in [3.05, 3.63) is 95.8 Å². The molecule has 0 unspecified atom stereocenters. The highest BCUT2D eigenvalue weighted by Gasteiger charge is 2.52. The quantitative estimate of drug-likeness (QED) is 0.401. The van der Waals surface area contributed by atoms with Crippen molar-refractivity contribution in [2.75, 3.05) is 13.1 Å². The smallest absolute Gasteiger partial charge is 0.323 e. The Hall–Kier alpha value is -3.27. The fraction of sp³-hybridized carbons (Fsp3) is 0.321. The number of nitrogens with zero attached hydrogens (tertiary/aromatic N) is 1. The van der Waals surface area contributed by atoms with Crippen LogP contribution in [-0.4, -0.2) is 43.9 Å². The molecule has 7 nitrogen and oxygen atoms in total. The van der Waals surface area contributed by atoms with Crippen molar-refractivity contribution in [3.8, 4) is 5.75 Å². The first-order valence-corrected chi connectivity index (χ1v) is 13.6. The molecule has 9 heteroatoms. The number of ether oxygens (including phenoxy) is 2. The van der Waals surface area contributed by atoms with Gasteiger partial charge in [0, 0.05) is 0 Å². The Morgan fingerprint density at radius 3 is 2.35 bits per heavy atom. The summed E-state index contributed by atoms with van der Waals surface area (Å²) in [6, 6.07) is 20.9. The summed E-state index contributed by atoms with van der Waals surface area (Å²) in [5, 5.41) is 0. The minimum Gasteiger partial charge on any atom is -0.480 e. The average molecular weight is 527 g/mol. The largest absolute Gasteiger partial charge is 0.480 e. The second kappa shape index (κ2) is 11.0. The molecule has 0 aliphatic carbocycles. The van der Waals surface area contributed by atoms with Crippen molar-refractivity contribution in [1.82, 2.24) is 4.31 Å².